The van der Waals surface area contributed by atoms with Crippen LogP contribution in [0.2, 0.25) is 0 Å². The maximum atomic E-state index is 3.64. The van der Waals surface area contributed by atoms with E-state index in [-0.39, 0.29) is 0 Å². The fourth-order valence-electron chi connectivity index (χ4n) is 2.29. The Morgan fingerprint density at radius 1 is 1.38 bits per heavy atom. The monoisotopic (exact) mass is 215 g/mol. The van der Waals surface area contributed by atoms with Crippen LogP contribution in [0.1, 0.15) is 38.7 Å². The van der Waals surface area contributed by atoms with E-state index in [9.17, 15) is 0 Å². The van der Waals surface area contributed by atoms with E-state index in [0.29, 0.717) is 6.04 Å². The fourth-order valence-corrected chi connectivity index (χ4v) is 2.29. The molecule has 0 aromatic heterocycles. The third-order valence-corrected chi connectivity index (χ3v) is 3.21. The highest BCUT2D eigenvalue weighted by Crippen LogP contribution is 2.26. The molecule has 0 radical (unpaired) electrons. The molecule has 1 heteroatoms. The summed E-state index contributed by atoms with van der Waals surface area (Å²) < 4.78 is 0. The van der Waals surface area contributed by atoms with Crippen LogP contribution in [0.4, 0.5) is 5.69 Å². The summed E-state index contributed by atoms with van der Waals surface area (Å²) in [6, 6.07) is 9.33. The topological polar surface area (TPSA) is 12.0 Å². The number of benzene rings is 1. The number of para-hydroxylation sites is 1. The highest BCUT2D eigenvalue weighted by Gasteiger charge is 2.15. The summed E-state index contributed by atoms with van der Waals surface area (Å²) >= 11 is 0. The number of allylic oxidation sites excluding steroid dienone is 2. The van der Waals surface area contributed by atoms with E-state index >= 15 is 0 Å². The molecule has 1 aromatic carbocycles. The van der Waals surface area contributed by atoms with E-state index in [1.807, 2.05) is 0 Å². The van der Waals surface area contributed by atoms with Gasteiger partial charge in [-0.15, -0.1) is 0 Å². The van der Waals surface area contributed by atoms with Gasteiger partial charge in [-0.1, -0.05) is 29.8 Å². The van der Waals surface area contributed by atoms with Gasteiger partial charge in [0.1, 0.15) is 0 Å². The Labute approximate surface area is 98.6 Å². The van der Waals surface area contributed by atoms with Gasteiger partial charge in [0.15, 0.2) is 0 Å². The Morgan fingerprint density at radius 3 is 3.00 bits per heavy atom. The van der Waals surface area contributed by atoms with Gasteiger partial charge in [-0.3, -0.25) is 0 Å². The highest BCUT2D eigenvalue weighted by molar-refractivity contribution is 5.53. The van der Waals surface area contributed by atoms with E-state index < -0.39 is 0 Å². The second-order valence-corrected chi connectivity index (χ2v) is 4.90. The molecular formula is C15H21N. The van der Waals surface area contributed by atoms with Crippen LogP contribution >= 0.6 is 0 Å². The Hall–Kier alpha value is -1.24. The summed E-state index contributed by atoms with van der Waals surface area (Å²) in [5.74, 6) is 0. The van der Waals surface area contributed by atoms with Crippen LogP contribution in [0.25, 0.3) is 0 Å². The van der Waals surface area contributed by atoms with E-state index in [1.54, 1.807) is 0 Å². The predicted octanol–water partition coefficient (Wildman–Crippen LogP) is 4.16. The van der Waals surface area contributed by atoms with Gasteiger partial charge in [0.2, 0.25) is 0 Å². The first kappa shape index (κ1) is 11.3. The summed E-state index contributed by atoms with van der Waals surface area (Å²) in [6.07, 6.45) is 7.28. The van der Waals surface area contributed by atoms with E-state index in [2.05, 4.69) is 49.5 Å². The van der Waals surface area contributed by atoms with Crippen molar-refractivity contribution in [3.05, 3.63) is 41.5 Å². The first-order chi connectivity index (χ1) is 7.75. The zero-order chi connectivity index (χ0) is 11.4. The predicted molar refractivity (Wildman–Crippen MR) is 70.8 cm³/mol. The number of fused-ring (bicyclic) bond motifs is 1. The minimum atomic E-state index is 0.658. The molecule has 16 heavy (non-hydrogen) atoms. The normalized spacial score (nSPS) is 18.5. The minimum Gasteiger partial charge on any atom is -0.382 e. The third kappa shape index (κ3) is 2.88. The number of rotatable bonds is 3. The van der Waals surface area contributed by atoms with Crippen LogP contribution in [-0.4, -0.2) is 6.04 Å². The first-order valence-electron chi connectivity index (χ1n) is 6.23. The molecule has 0 amide bonds. The van der Waals surface area contributed by atoms with Gasteiger partial charge in [-0.2, -0.15) is 0 Å². The Morgan fingerprint density at radius 2 is 2.19 bits per heavy atom. The fraction of sp³-hybridized carbons (Fsp3) is 0.467. The molecule has 0 saturated carbocycles. The SMILES string of the molecule is CC(C)=CCCC1CCc2ccccc2N1. The van der Waals surface area contributed by atoms with Crippen LogP contribution in [0, 0.1) is 0 Å². The van der Waals surface area contributed by atoms with Crippen molar-refractivity contribution in [2.45, 2.75) is 45.6 Å². The quantitative estimate of drug-likeness (QED) is 0.746. The molecule has 0 bridgehead atoms. The number of hydrogen-bond acceptors (Lipinski definition) is 1. The lowest BCUT2D eigenvalue weighted by Gasteiger charge is -2.26. The lowest BCUT2D eigenvalue weighted by Crippen LogP contribution is -2.25. The highest BCUT2D eigenvalue weighted by atomic mass is 14.9. The lowest BCUT2D eigenvalue weighted by atomic mass is 9.95. The molecule has 1 aliphatic rings. The molecule has 0 aliphatic carbocycles. The van der Waals surface area contributed by atoms with Crippen molar-refractivity contribution in [2.75, 3.05) is 5.32 Å². The number of hydrogen-bond donors (Lipinski definition) is 1. The smallest absolute Gasteiger partial charge is 0.0374 e. The van der Waals surface area contributed by atoms with Crippen molar-refractivity contribution in [2.24, 2.45) is 0 Å². The lowest BCUT2D eigenvalue weighted by molar-refractivity contribution is 0.591. The minimum absolute atomic E-state index is 0.658. The van der Waals surface area contributed by atoms with Crippen molar-refractivity contribution >= 4 is 5.69 Å². The molecule has 1 unspecified atom stereocenters. The van der Waals surface area contributed by atoms with Gasteiger partial charge in [-0.05, 0) is 51.2 Å². The average Bonchev–Trinajstić information content (AvgIpc) is 2.28. The average molecular weight is 215 g/mol. The summed E-state index contributed by atoms with van der Waals surface area (Å²) in [5, 5.41) is 3.64. The van der Waals surface area contributed by atoms with Gasteiger partial charge in [0, 0.05) is 11.7 Å². The van der Waals surface area contributed by atoms with E-state index in [4.69, 9.17) is 0 Å². The zero-order valence-electron chi connectivity index (χ0n) is 10.3. The van der Waals surface area contributed by atoms with Crippen LogP contribution < -0.4 is 5.32 Å². The molecule has 1 aliphatic heterocycles. The van der Waals surface area contributed by atoms with Crippen molar-refractivity contribution in [3.63, 3.8) is 0 Å². The third-order valence-electron chi connectivity index (χ3n) is 3.21. The van der Waals surface area contributed by atoms with Crippen molar-refractivity contribution in [1.82, 2.24) is 0 Å². The van der Waals surface area contributed by atoms with Crippen LogP contribution in [-0.2, 0) is 6.42 Å². The van der Waals surface area contributed by atoms with Gasteiger partial charge in [-0.25, -0.2) is 0 Å². The zero-order valence-corrected chi connectivity index (χ0v) is 10.3. The summed E-state index contributed by atoms with van der Waals surface area (Å²) in [4.78, 5) is 0. The molecule has 1 atom stereocenters. The van der Waals surface area contributed by atoms with Crippen molar-refractivity contribution in [1.29, 1.82) is 0 Å². The largest absolute Gasteiger partial charge is 0.382 e. The standard InChI is InChI=1S/C15H21N/c1-12(2)6-5-8-14-11-10-13-7-3-4-9-15(13)16-14/h3-4,6-7,9,14,16H,5,8,10-11H2,1-2H3. The maximum Gasteiger partial charge on any atom is 0.0374 e. The molecular weight excluding hydrogens is 194 g/mol. The Balaban J connectivity index is 1.90. The summed E-state index contributed by atoms with van der Waals surface area (Å²) in [6.45, 7) is 4.34. The van der Waals surface area contributed by atoms with Crippen LogP contribution in [0.5, 0.6) is 0 Å². The number of aryl methyl sites for hydroxylation is 1. The van der Waals surface area contributed by atoms with E-state index in [1.165, 1.54) is 42.5 Å². The van der Waals surface area contributed by atoms with Gasteiger partial charge >= 0.3 is 0 Å². The van der Waals surface area contributed by atoms with E-state index in [0.717, 1.165) is 0 Å². The first-order valence-corrected chi connectivity index (χ1v) is 6.23. The second kappa shape index (κ2) is 5.20. The van der Waals surface area contributed by atoms with Crippen molar-refractivity contribution < 1.29 is 0 Å². The second-order valence-electron chi connectivity index (χ2n) is 4.90. The molecule has 86 valence electrons. The summed E-state index contributed by atoms with van der Waals surface area (Å²) in [5.41, 5.74) is 4.24. The molecule has 1 N–H and O–H groups in total. The Bertz CT molecular complexity index is 375. The molecule has 0 saturated heterocycles. The van der Waals surface area contributed by atoms with Crippen LogP contribution in [0.3, 0.4) is 0 Å². The number of anilines is 1. The van der Waals surface area contributed by atoms with Gasteiger partial charge < -0.3 is 5.32 Å². The Kier molecular flexibility index (Phi) is 3.66. The molecule has 1 heterocycles. The maximum absolute atomic E-state index is 3.64. The molecule has 0 fully saturated rings. The van der Waals surface area contributed by atoms with Gasteiger partial charge in [0.25, 0.3) is 0 Å². The molecule has 0 spiro atoms. The molecule has 1 aromatic rings. The number of nitrogens with one attached hydrogen (secondary N) is 1. The van der Waals surface area contributed by atoms with Crippen molar-refractivity contribution in [3.8, 4) is 0 Å². The molecule has 1 nitrogen and oxygen atoms in total. The van der Waals surface area contributed by atoms with Gasteiger partial charge in [0.05, 0.1) is 0 Å². The van der Waals surface area contributed by atoms with Crippen LogP contribution in [0.15, 0.2) is 35.9 Å². The molecule has 2 rings (SSSR count). The summed E-state index contributed by atoms with van der Waals surface area (Å²) in [7, 11) is 0.